The molecule has 0 unspecified atom stereocenters. The molecule has 0 fully saturated rings. The van der Waals surface area contributed by atoms with E-state index < -0.39 is 9.85 Å². The van der Waals surface area contributed by atoms with Crippen LogP contribution in [0.25, 0.3) is 0 Å². The molecule has 0 aliphatic carbocycles. The average molecular weight is 518 g/mol. The Morgan fingerprint density at radius 3 is 2.08 bits per heavy atom. The normalized spacial score (nSPS) is 10.8. The number of nitro benzene ring substituents is 2. The minimum Gasteiger partial charge on any atom is -0.491 e. The Bertz CT molecular complexity index is 938. The number of anilines is 1. The molecule has 0 radical (unpaired) electrons. The van der Waals surface area contributed by atoms with Crippen molar-refractivity contribution in [3.05, 3.63) is 68.3 Å². The predicted molar refractivity (Wildman–Crippen MR) is 144 cm³/mol. The van der Waals surface area contributed by atoms with E-state index in [9.17, 15) is 20.2 Å². The number of nitro groups is 2. The van der Waals surface area contributed by atoms with Crippen LogP contribution in [0.4, 0.5) is 17.1 Å². The van der Waals surface area contributed by atoms with Gasteiger partial charge in [0.15, 0.2) is 0 Å². The Morgan fingerprint density at radius 2 is 1.41 bits per heavy atom. The number of unbranched alkanes of at least 4 members (excludes halogenated alkanes) is 6. The van der Waals surface area contributed by atoms with Gasteiger partial charge in [0.25, 0.3) is 11.4 Å². The van der Waals surface area contributed by atoms with Crippen LogP contribution in [0.2, 0.25) is 0 Å². The molecule has 0 aliphatic rings. The van der Waals surface area contributed by atoms with Crippen molar-refractivity contribution in [2.24, 2.45) is 0 Å². The second-order valence-corrected chi connectivity index (χ2v) is 8.73. The smallest absolute Gasteiger partial charge is 0.299 e. The number of aryl methyl sites for hydroxylation is 1. The standard InChI is InChI=1S/C27H39N3O7/c1-2-3-4-5-6-7-8-9-23-10-13-25(14-11-23)37-21-20-36-19-18-35-17-16-28-26-15-12-24(29(31)32)22-27(26)30(33)34/h10-15,22,28H,2-9,16-21H2,1H3. The van der Waals surface area contributed by atoms with E-state index in [0.29, 0.717) is 39.6 Å². The van der Waals surface area contributed by atoms with Gasteiger partial charge in [-0.05, 0) is 36.6 Å². The van der Waals surface area contributed by atoms with Crippen LogP contribution >= 0.6 is 0 Å². The number of non-ortho nitro benzene ring substituents is 1. The van der Waals surface area contributed by atoms with Gasteiger partial charge >= 0.3 is 0 Å². The van der Waals surface area contributed by atoms with Gasteiger partial charge in [-0.3, -0.25) is 20.2 Å². The summed E-state index contributed by atoms with van der Waals surface area (Å²) in [6.07, 6.45) is 10.3. The molecule has 2 rings (SSSR count). The van der Waals surface area contributed by atoms with Gasteiger partial charge in [0, 0.05) is 12.6 Å². The number of nitrogens with zero attached hydrogens (tertiary/aromatic N) is 2. The van der Waals surface area contributed by atoms with Crippen molar-refractivity contribution >= 4 is 17.1 Å². The average Bonchev–Trinajstić information content (AvgIpc) is 2.89. The third-order valence-electron chi connectivity index (χ3n) is 5.81. The third kappa shape index (κ3) is 12.5. The first-order chi connectivity index (χ1) is 18.0. The summed E-state index contributed by atoms with van der Waals surface area (Å²) in [5.74, 6) is 0.828. The van der Waals surface area contributed by atoms with Crippen molar-refractivity contribution < 1.29 is 24.1 Å². The molecule has 0 saturated carbocycles. The van der Waals surface area contributed by atoms with Gasteiger partial charge in [-0.15, -0.1) is 0 Å². The van der Waals surface area contributed by atoms with Crippen LogP contribution in [0.5, 0.6) is 5.75 Å². The molecule has 0 heterocycles. The van der Waals surface area contributed by atoms with Crippen molar-refractivity contribution in [1.82, 2.24) is 0 Å². The molecule has 10 nitrogen and oxygen atoms in total. The van der Waals surface area contributed by atoms with Crippen LogP contribution in [0, 0.1) is 20.2 Å². The highest BCUT2D eigenvalue weighted by atomic mass is 16.6. The first-order valence-corrected chi connectivity index (χ1v) is 13.0. The van der Waals surface area contributed by atoms with E-state index in [4.69, 9.17) is 14.2 Å². The predicted octanol–water partition coefficient (Wildman–Crippen LogP) is 6.32. The lowest BCUT2D eigenvalue weighted by atomic mass is 10.0. The van der Waals surface area contributed by atoms with Crippen molar-refractivity contribution in [2.45, 2.75) is 58.3 Å². The summed E-state index contributed by atoms with van der Waals surface area (Å²) in [4.78, 5) is 20.6. The number of hydrogen-bond acceptors (Lipinski definition) is 8. The quantitative estimate of drug-likeness (QED) is 0.116. The summed E-state index contributed by atoms with van der Waals surface area (Å²) in [7, 11) is 0. The highest BCUT2D eigenvalue weighted by Crippen LogP contribution is 2.28. The number of rotatable bonds is 21. The second-order valence-electron chi connectivity index (χ2n) is 8.73. The van der Waals surface area contributed by atoms with Crippen LogP contribution in [0.15, 0.2) is 42.5 Å². The fourth-order valence-corrected chi connectivity index (χ4v) is 3.77. The summed E-state index contributed by atoms with van der Waals surface area (Å²) < 4.78 is 16.7. The Morgan fingerprint density at radius 1 is 0.757 bits per heavy atom. The first-order valence-electron chi connectivity index (χ1n) is 13.0. The molecule has 1 N–H and O–H groups in total. The molecule has 0 bridgehead atoms. The maximum atomic E-state index is 11.1. The number of benzene rings is 2. The lowest BCUT2D eigenvalue weighted by Crippen LogP contribution is -2.15. The summed E-state index contributed by atoms with van der Waals surface area (Å²) in [5, 5.41) is 24.8. The van der Waals surface area contributed by atoms with E-state index in [1.54, 1.807) is 0 Å². The van der Waals surface area contributed by atoms with Gasteiger partial charge in [0.1, 0.15) is 18.0 Å². The summed E-state index contributed by atoms with van der Waals surface area (Å²) in [6.45, 7) is 4.53. The van der Waals surface area contributed by atoms with Crippen molar-refractivity contribution in [3.63, 3.8) is 0 Å². The molecule has 2 aromatic carbocycles. The highest BCUT2D eigenvalue weighted by Gasteiger charge is 2.18. The zero-order valence-electron chi connectivity index (χ0n) is 21.7. The SMILES string of the molecule is CCCCCCCCCc1ccc(OCCOCCOCCNc2ccc([N+](=O)[O-])cc2[N+](=O)[O-])cc1. The van der Waals surface area contributed by atoms with Gasteiger partial charge in [-0.1, -0.05) is 57.6 Å². The maximum Gasteiger partial charge on any atom is 0.299 e. The largest absolute Gasteiger partial charge is 0.491 e. The van der Waals surface area contributed by atoms with Crippen LogP contribution in [-0.4, -0.2) is 49.4 Å². The Hall–Kier alpha value is -3.24. The number of nitrogens with one attached hydrogen (secondary N) is 1. The Kier molecular flexibility index (Phi) is 14.6. The fourth-order valence-electron chi connectivity index (χ4n) is 3.77. The van der Waals surface area contributed by atoms with E-state index in [2.05, 4.69) is 24.4 Å². The van der Waals surface area contributed by atoms with Gasteiger partial charge in [-0.2, -0.15) is 0 Å². The minimum atomic E-state index is -0.667. The van der Waals surface area contributed by atoms with Crippen LogP contribution in [0.1, 0.15) is 57.4 Å². The van der Waals surface area contributed by atoms with E-state index in [1.165, 1.54) is 62.6 Å². The lowest BCUT2D eigenvalue weighted by molar-refractivity contribution is -0.393. The van der Waals surface area contributed by atoms with Gasteiger partial charge in [0.05, 0.1) is 42.3 Å². The van der Waals surface area contributed by atoms with Gasteiger partial charge < -0.3 is 19.5 Å². The van der Waals surface area contributed by atoms with Crippen LogP contribution in [0.3, 0.4) is 0 Å². The molecular weight excluding hydrogens is 478 g/mol. The summed E-state index contributed by atoms with van der Waals surface area (Å²) in [5.41, 5.74) is 0.871. The number of ether oxygens (including phenoxy) is 3. The Labute approximate surface area is 218 Å². The molecule has 0 aliphatic heterocycles. The van der Waals surface area contributed by atoms with E-state index in [1.807, 2.05) is 12.1 Å². The zero-order valence-corrected chi connectivity index (χ0v) is 21.7. The Balaban J connectivity index is 1.48. The lowest BCUT2D eigenvalue weighted by Gasteiger charge is -2.09. The highest BCUT2D eigenvalue weighted by molar-refractivity contribution is 5.65. The van der Waals surface area contributed by atoms with Gasteiger partial charge in [0.2, 0.25) is 0 Å². The molecule has 10 heteroatoms. The molecule has 0 amide bonds. The molecule has 0 saturated heterocycles. The molecule has 2 aromatic rings. The van der Waals surface area contributed by atoms with E-state index in [-0.39, 0.29) is 17.1 Å². The van der Waals surface area contributed by atoms with E-state index >= 15 is 0 Å². The molecular formula is C27H39N3O7. The van der Waals surface area contributed by atoms with Crippen LogP contribution < -0.4 is 10.1 Å². The summed E-state index contributed by atoms with van der Waals surface area (Å²) >= 11 is 0. The fraction of sp³-hybridized carbons (Fsp3) is 0.556. The zero-order chi connectivity index (χ0) is 26.7. The molecule has 37 heavy (non-hydrogen) atoms. The number of hydrogen-bond donors (Lipinski definition) is 1. The minimum absolute atomic E-state index is 0.207. The topological polar surface area (TPSA) is 126 Å². The van der Waals surface area contributed by atoms with Gasteiger partial charge in [-0.25, -0.2) is 0 Å². The van der Waals surface area contributed by atoms with Crippen LogP contribution in [-0.2, 0) is 15.9 Å². The molecule has 204 valence electrons. The first kappa shape index (κ1) is 30.0. The maximum absolute atomic E-state index is 11.1. The molecule has 0 atom stereocenters. The third-order valence-corrected chi connectivity index (χ3v) is 5.81. The van der Waals surface area contributed by atoms with E-state index in [0.717, 1.165) is 18.2 Å². The second kappa shape index (κ2) is 18.1. The van der Waals surface area contributed by atoms with Crippen molar-refractivity contribution in [2.75, 3.05) is 44.9 Å². The molecule has 0 spiro atoms. The van der Waals surface area contributed by atoms with Crippen molar-refractivity contribution in [3.8, 4) is 5.75 Å². The monoisotopic (exact) mass is 517 g/mol. The molecule has 0 aromatic heterocycles. The summed E-state index contributed by atoms with van der Waals surface area (Å²) in [6, 6.07) is 11.7. The van der Waals surface area contributed by atoms with Crippen molar-refractivity contribution in [1.29, 1.82) is 0 Å².